The summed E-state index contributed by atoms with van der Waals surface area (Å²) in [5.74, 6) is 2.32. The summed E-state index contributed by atoms with van der Waals surface area (Å²) in [6.07, 6.45) is 3.28. The minimum absolute atomic E-state index is 0. The summed E-state index contributed by atoms with van der Waals surface area (Å²) in [6, 6.07) is 0. The Morgan fingerprint density at radius 3 is 2.81 bits per heavy atom. The highest BCUT2D eigenvalue weighted by Crippen LogP contribution is 2.40. The summed E-state index contributed by atoms with van der Waals surface area (Å²) in [7, 11) is 0. The fourth-order valence-electron chi connectivity index (χ4n) is 2.02. The molecular formula is C10H16ClN3O2. The first-order valence-corrected chi connectivity index (χ1v) is 5.53. The number of nitrogens with zero attached hydrogens (tertiary/aromatic N) is 2. The van der Waals surface area contributed by atoms with Gasteiger partial charge < -0.3 is 15.0 Å². The first-order valence-electron chi connectivity index (χ1n) is 5.53. The molecule has 0 bridgehead atoms. The van der Waals surface area contributed by atoms with Gasteiger partial charge in [0, 0.05) is 18.4 Å². The molecular weight excluding hydrogens is 230 g/mol. The first kappa shape index (κ1) is 11.8. The molecule has 16 heavy (non-hydrogen) atoms. The smallest absolute Gasteiger partial charge is 0.256 e. The van der Waals surface area contributed by atoms with Crippen molar-refractivity contribution in [2.75, 3.05) is 13.2 Å². The molecule has 2 atom stereocenters. The zero-order valence-electron chi connectivity index (χ0n) is 8.96. The van der Waals surface area contributed by atoms with E-state index in [0.29, 0.717) is 24.3 Å². The van der Waals surface area contributed by atoms with Gasteiger partial charge in [-0.1, -0.05) is 5.16 Å². The third-order valence-electron chi connectivity index (χ3n) is 3.16. The standard InChI is InChI=1S/C10H15N3O2.ClH/c11-5-7-3-4-14-8(7)10-12-9(13-15-10)6-1-2-6;/h6-8H,1-5,11H2;1H/t7-,8-;/m0./s1. The van der Waals surface area contributed by atoms with E-state index in [4.69, 9.17) is 15.0 Å². The Hall–Kier alpha value is -0.650. The number of rotatable bonds is 3. The molecule has 0 unspecified atom stereocenters. The minimum Gasteiger partial charge on any atom is -0.368 e. The second-order valence-electron chi connectivity index (χ2n) is 4.34. The fourth-order valence-corrected chi connectivity index (χ4v) is 2.02. The van der Waals surface area contributed by atoms with E-state index in [-0.39, 0.29) is 18.5 Å². The van der Waals surface area contributed by atoms with Gasteiger partial charge in [0.25, 0.3) is 5.89 Å². The number of hydrogen-bond acceptors (Lipinski definition) is 5. The molecule has 5 nitrogen and oxygen atoms in total. The second kappa shape index (κ2) is 4.69. The van der Waals surface area contributed by atoms with Gasteiger partial charge in [0.05, 0.1) is 0 Å². The van der Waals surface area contributed by atoms with Crippen LogP contribution in [0, 0.1) is 5.92 Å². The lowest BCUT2D eigenvalue weighted by Gasteiger charge is -2.11. The van der Waals surface area contributed by atoms with Gasteiger partial charge in [-0.3, -0.25) is 0 Å². The number of aromatic nitrogens is 2. The zero-order valence-corrected chi connectivity index (χ0v) is 9.78. The average Bonchev–Trinajstić information content (AvgIpc) is 2.83. The van der Waals surface area contributed by atoms with Crippen LogP contribution in [0.4, 0.5) is 0 Å². The number of ether oxygens (including phenoxy) is 1. The molecule has 0 amide bonds. The Morgan fingerprint density at radius 2 is 2.12 bits per heavy atom. The van der Waals surface area contributed by atoms with Gasteiger partial charge in [0.1, 0.15) is 6.10 Å². The Kier molecular flexibility index (Phi) is 3.47. The van der Waals surface area contributed by atoms with Crippen LogP contribution in [0.5, 0.6) is 0 Å². The average molecular weight is 246 g/mol. The third-order valence-corrected chi connectivity index (χ3v) is 3.16. The van der Waals surface area contributed by atoms with Gasteiger partial charge in [-0.25, -0.2) is 0 Å². The SMILES string of the molecule is Cl.NC[C@@H]1CCO[C@@H]1c1nc(C2CC2)no1. The van der Waals surface area contributed by atoms with Crippen molar-refractivity contribution in [2.24, 2.45) is 11.7 Å². The second-order valence-corrected chi connectivity index (χ2v) is 4.34. The largest absolute Gasteiger partial charge is 0.368 e. The fraction of sp³-hybridized carbons (Fsp3) is 0.800. The normalized spacial score (nSPS) is 29.1. The zero-order chi connectivity index (χ0) is 10.3. The molecule has 3 rings (SSSR count). The molecule has 0 spiro atoms. The van der Waals surface area contributed by atoms with Crippen molar-refractivity contribution in [3.8, 4) is 0 Å². The Labute approximate surface area is 100 Å². The molecule has 1 aromatic heterocycles. The summed E-state index contributed by atoms with van der Waals surface area (Å²) in [5.41, 5.74) is 5.67. The number of nitrogens with two attached hydrogens (primary N) is 1. The molecule has 2 aliphatic rings. The molecule has 0 radical (unpaired) electrons. The van der Waals surface area contributed by atoms with Crippen LogP contribution in [0.1, 0.15) is 43.0 Å². The van der Waals surface area contributed by atoms with Crippen LogP contribution in [-0.2, 0) is 4.74 Å². The van der Waals surface area contributed by atoms with Crippen LogP contribution < -0.4 is 5.73 Å². The molecule has 1 aliphatic heterocycles. The van der Waals surface area contributed by atoms with Crippen LogP contribution in [0.2, 0.25) is 0 Å². The van der Waals surface area contributed by atoms with Gasteiger partial charge in [0.2, 0.25) is 0 Å². The van der Waals surface area contributed by atoms with E-state index in [0.717, 1.165) is 18.9 Å². The van der Waals surface area contributed by atoms with E-state index >= 15 is 0 Å². The molecule has 2 N–H and O–H groups in total. The third kappa shape index (κ3) is 2.07. The molecule has 2 heterocycles. The number of halogens is 1. The van der Waals surface area contributed by atoms with Crippen molar-refractivity contribution in [1.82, 2.24) is 10.1 Å². The van der Waals surface area contributed by atoms with Crippen molar-refractivity contribution in [2.45, 2.75) is 31.3 Å². The van der Waals surface area contributed by atoms with E-state index in [9.17, 15) is 0 Å². The molecule has 2 fully saturated rings. The van der Waals surface area contributed by atoms with Crippen LogP contribution in [0.25, 0.3) is 0 Å². The van der Waals surface area contributed by atoms with E-state index < -0.39 is 0 Å². The van der Waals surface area contributed by atoms with E-state index in [1.807, 2.05) is 0 Å². The van der Waals surface area contributed by atoms with Gasteiger partial charge in [0.15, 0.2) is 5.82 Å². The van der Waals surface area contributed by atoms with Gasteiger partial charge in [-0.15, -0.1) is 12.4 Å². The predicted octanol–water partition coefficient (Wildman–Crippen LogP) is 1.41. The van der Waals surface area contributed by atoms with E-state index in [1.54, 1.807) is 0 Å². The summed E-state index contributed by atoms with van der Waals surface area (Å²) < 4.78 is 10.8. The van der Waals surface area contributed by atoms with Gasteiger partial charge >= 0.3 is 0 Å². The van der Waals surface area contributed by atoms with Gasteiger partial charge in [-0.05, 0) is 25.8 Å². The topological polar surface area (TPSA) is 74.2 Å². The Balaban J connectivity index is 0.000000963. The minimum atomic E-state index is -0.0741. The van der Waals surface area contributed by atoms with E-state index in [1.165, 1.54) is 12.8 Å². The predicted molar refractivity (Wildman–Crippen MR) is 59.4 cm³/mol. The van der Waals surface area contributed by atoms with Crippen molar-refractivity contribution < 1.29 is 9.26 Å². The van der Waals surface area contributed by atoms with Crippen molar-refractivity contribution in [1.29, 1.82) is 0 Å². The molecule has 0 aromatic carbocycles. The monoisotopic (exact) mass is 245 g/mol. The highest BCUT2D eigenvalue weighted by Gasteiger charge is 2.35. The van der Waals surface area contributed by atoms with Crippen LogP contribution in [0.15, 0.2) is 4.52 Å². The number of hydrogen-bond donors (Lipinski definition) is 1. The maximum atomic E-state index is 5.67. The van der Waals surface area contributed by atoms with Crippen molar-refractivity contribution in [3.05, 3.63) is 11.7 Å². The van der Waals surface area contributed by atoms with Crippen molar-refractivity contribution >= 4 is 12.4 Å². The highest BCUT2D eigenvalue weighted by molar-refractivity contribution is 5.85. The summed E-state index contributed by atoms with van der Waals surface area (Å²) >= 11 is 0. The molecule has 1 aliphatic carbocycles. The maximum Gasteiger partial charge on any atom is 0.256 e. The Morgan fingerprint density at radius 1 is 1.31 bits per heavy atom. The lowest BCUT2D eigenvalue weighted by molar-refractivity contribution is 0.0642. The first-order chi connectivity index (χ1) is 7.38. The molecule has 1 saturated heterocycles. The van der Waals surface area contributed by atoms with Crippen LogP contribution in [-0.4, -0.2) is 23.3 Å². The molecule has 6 heteroatoms. The highest BCUT2D eigenvalue weighted by atomic mass is 35.5. The summed E-state index contributed by atoms with van der Waals surface area (Å²) in [6.45, 7) is 1.36. The molecule has 1 saturated carbocycles. The summed E-state index contributed by atoms with van der Waals surface area (Å²) in [5, 5.41) is 3.98. The van der Waals surface area contributed by atoms with Crippen LogP contribution in [0.3, 0.4) is 0 Å². The quantitative estimate of drug-likeness (QED) is 0.872. The van der Waals surface area contributed by atoms with Gasteiger partial charge in [-0.2, -0.15) is 4.98 Å². The molecule has 1 aromatic rings. The molecule has 90 valence electrons. The summed E-state index contributed by atoms with van der Waals surface area (Å²) in [4.78, 5) is 4.39. The maximum absolute atomic E-state index is 5.67. The van der Waals surface area contributed by atoms with Crippen LogP contribution >= 0.6 is 12.4 Å². The van der Waals surface area contributed by atoms with Crippen molar-refractivity contribution in [3.63, 3.8) is 0 Å². The van der Waals surface area contributed by atoms with E-state index in [2.05, 4.69) is 10.1 Å². The Bertz CT molecular complexity index is 354. The lowest BCUT2D eigenvalue weighted by atomic mass is 10.0. The lowest BCUT2D eigenvalue weighted by Crippen LogP contribution is -2.18.